The first-order valence-corrected chi connectivity index (χ1v) is 7.62. The molecule has 0 fully saturated rings. The zero-order valence-electron chi connectivity index (χ0n) is 10.6. The largest absolute Gasteiger partial charge is 0.493 e. The van der Waals surface area contributed by atoms with Crippen LogP contribution in [0.25, 0.3) is 0 Å². The highest BCUT2D eigenvalue weighted by Gasteiger charge is 2.45. The minimum atomic E-state index is -5.08. The van der Waals surface area contributed by atoms with Crippen LogP contribution >= 0.6 is 27.3 Å². The van der Waals surface area contributed by atoms with Gasteiger partial charge in [-0.05, 0) is 38.8 Å². The Labute approximate surface area is 134 Å². The maximum absolute atomic E-state index is 12.5. The van der Waals surface area contributed by atoms with Crippen molar-refractivity contribution in [1.29, 1.82) is 0 Å². The molecule has 0 aliphatic carbocycles. The number of rotatable bonds is 2. The maximum Gasteiger partial charge on any atom is 0.493 e. The third-order valence-electron chi connectivity index (χ3n) is 2.85. The fraction of sp³-hybridized carbons (Fsp3) is 0.167. The average Bonchev–Trinajstić information content (AvgIpc) is 3.06. The second kappa shape index (κ2) is 5.43. The number of halogens is 4. The molecule has 1 atom stereocenters. The van der Waals surface area contributed by atoms with E-state index < -0.39 is 18.3 Å². The molecule has 10 heteroatoms. The van der Waals surface area contributed by atoms with Gasteiger partial charge in [0.2, 0.25) is 0 Å². The topological polar surface area (TPSA) is 54.5 Å². The highest BCUT2D eigenvalue weighted by molar-refractivity contribution is 9.10. The number of nitrogens with zero attached hydrogens (tertiary/aromatic N) is 2. The molecule has 1 aliphatic rings. The van der Waals surface area contributed by atoms with Crippen molar-refractivity contribution in [3.05, 3.63) is 39.1 Å². The quantitative estimate of drug-likeness (QED) is 0.839. The predicted molar refractivity (Wildman–Crippen MR) is 77.2 cm³/mol. The number of hydroxylamine groups is 1. The number of hydrogen-bond donors (Lipinski definition) is 1. The smallest absolute Gasteiger partial charge is 0.342 e. The van der Waals surface area contributed by atoms with Crippen LogP contribution < -0.4 is 10.4 Å². The summed E-state index contributed by atoms with van der Waals surface area (Å²) in [6, 6.07) is 3.24. The van der Waals surface area contributed by atoms with Gasteiger partial charge in [0.15, 0.2) is 12.0 Å². The van der Waals surface area contributed by atoms with Crippen LogP contribution in [0.4, 0.5) is 24.7 Å². The molecule has 5 nitrogen and oxygen atoms in total. The SMILES string of the molecule is O=C(ON1c2cc(Br)cnc2NC1c1ccsc1)C(F)(F)F. The molecule has 0 aromatic carbocycles. The van der Waals surface area contributed by atoms with Crippen molar-refractivity contribution in [3.8, 4) is 0 Å². The van der Waals surface area contributed by atoms with E-state index in [4.69, 9.17) is 0 Å². The van der Waals surface area contributed by atoms with Gasteiger partial charge in [-0.3, -0.25) is 0 Å². The molecule has 0 radical (unpaired) electrons. The average molecular weight is 394 g/mol. The van der Waals surface area contributed by atoms with Gasteiger partial charge < -0.3 is 10.2 Å². The summed E-state index contributed by atoms with van der Waals surface area (Å²) in [6.45, 7) is 0. The Morgan fingerprint density at radius 2 is 2.27 bits per heavy atom. The van der Waals surface area contributed by atoms with E-state index in [0.717, 1.165) is 5.06 Å². The fourth-order valence-electron chi connectivity index (χ4n) is 1.93. The number of carbonyl (C=O) groups is 1. The number of aromatic nitrogens is 1. The van der Waals surface area contributed by atoms with Crippen LogP contribution in [0.5, 0.6) is 0 Å². The minimum Gasteiger partial charge on any atom is -0.342 e. The van der Waals surface area contributed by atoms with Gasteiger partial charge in [0.1, 0.15) is 5.69 Å². The van der Waals surface area contributed by atoms with Gasteiger partial charge in [-0.2, -0.15) is 29.6 Å². The first-order valence-electron chi connectivity index (χ1n) is 5.89. The number of carbonyl (C=O) groups excluding carboxylic acids is 1. The van der Waals surface area contributed by atoms with Crippen molar-refractivity contribution in [3.63, 3.8) is 0 Å². The van der Waals surface area contributed by atoms with E-state index in [2.05, 4.69) is 31.1 Å². The Balaban J connectivity index is 1.97. The van der Waals surface area contributed by atoms with Crippen LogP contribution in [0, 0.1) is 0 Å². The number of thiophene rings is 1. The molecule has 3 rings (SSSR count). The van der Waals surface area contributed by atoms with Crippen LogP contribution in [-0.2, 0) is 9.63 Å². The van der Waals surface area contributed by atoms with Crippen molar-refractivity contribution in [2.24, 2.45) is 0 Å². The van der Waals surface area contributed by atoms with Gasteiger partial charge in [-0.15, -0.1) is 0 Å². The number of nitrogens with one attached hydrogen (secondary N) is 1. The number of hydrogen-bond acceptors (Lipinski definition) is 6. The Morgan fingerprint density at radius 1 is 1.50 bits per heavy atom. The van der Waals surface area contributed by atoms with E-state index in [-0.39, 0.29) is 5.69 Å². The molecule has 0 bridgehead atoms. The maximum atomic E-state index is 12.5. The van der Waals surface area contributed by atoms with Crippen LogP contribution in [0.15, 0.2) is 33.6 Å². The van der Waals surface area contributed by atoms with Crippen LogP contribution in [0.1, 0.15) is 11.7 Å². The molecule has 1 unspecified atom stereocenters. The third-order valence-corrected chi connectivity index (χ3v) is 3.99. The van der Waals surface area contributed by atoms with Gasteiger partial charge in [0.25, 0.3) is 0 Å². The lowest BCUT2D eigenvalue weighted by molar-refractivity contribution is -0.201. The Hall–Kier alpha value is -1.81. The van der Waals surface area contributed by atoms with Crippen molar-refractivity contribution in [2.75, 3.05) is 10.4 Å². The summed E-state index contributed by atoms with van der Waals surface area (Å²) < 4.78 is 38.0. The lowest BCUT2D eigenvalue weighted by atomic mass is 10.3. The number of anilines is 2. The van der Waals surface area contributed by atoms with Crippen molar-refractivity contribution < 1.29 is 22.8 Å². The molecule has 0 saturated carbocycles. The molecule has 0 spiro atoms. The minimum absolute atomic E-state index is 0.239. The van der Waals surface area contributed by atoms with E-state index >= 15 is 0 Å². The van der Waals surface area contributed by atoms with Crippen LogP contribution in [0.3, 0.4) is 0 Å². The van der Waals surface area contributed by atoms with Crippen molar-refractivity contribution in [2.45, 2.75) is 12.3 Å². The van der Waals surface area contributed by atoms with Gasteiger partial charge >= 0.3 is 12.1 Å². The summed E-state index contributed by atoms with van der Waals surface area (Å²) in [5.74, 6) is -1.96. The zero-order chi connectivity index (χ0) is 15.9. The van der Waals surface area contributed by atoms with E-state index in [1.54, 1.807) is 16.8 Å². The molecule has 1 N–H and O–H groups in total. The van der Waals surface area contributed by atoms with Crippen molar-refractivity contribution >= 4 is 44.7 Å². The molecule has 116 valence electrons. The number of alkyl halides is 3. The lowest BCUT2D eigenvalue weighted by Gasteiger charge is -2.24. The van der Waals surface area contributed by atoms with Crippen molar-refractivity contribution in [1.82, 2.24) is 4.98 Å². The molecule has 0 amide bonds. The summed E-state index contributed by atoms with van der Waals surface area (Å²) in [6.07, 6.45) is -4.36. The predicted octanol–water partition coefficient (Wildman–Crippen LogP) is 3.86. The van der Waals surface area contributed by atoms with E-state index in [1.165, 1.54) is 23.6 Å². The van der Waals surface area contributed by atoms with Gasteiger partial charge in [-0.1, -0.05) is 0 Å². The molecule has 0 saturated heterocycles. The summed E-state index contributed by atoms with van der Waals surface area (Å²) in [7, 11) is 0. The first kappa shape index (κ1) is 15.1. The Morgan fingerprint density at radius 3 is 2.91 bits per heavy atom. The van der Waals surface area contributed by atoms with Crippen LogP contribution in [0.2, 0.25) is 0 Å². The Kier molecular flexibility index (Phi) is 3.73. The Bertz CT molecular complexity index is 708. The number of fused-ring (bicyclic) bond motifs is 1. The summed E-state index contributed by atoms with van der Waals surface area (Å²) in [5.41, 5.74) is 0.900. The summed E-state index contributed by atoms with van der Waals surface area (Å²) in [5, 5.41) is 7.32. The van der Waals surface area contributed by atoms with E-state index in [9.17, 15) is 18.0 Å². The highest BCUT2D eigenvalue weighted by Crippen LogP contribution is 2.42. The first-order chi connectivity index (χ1) is 10.4. The van der Waals surface area contributed by atoms with Gasteiger partial charge in [-0.25, -0.2) is 9.78 Å². The molecule has 2 aromatic heterocycles. The third kappa shape index (κ3) is 2.75. The van der Waals surface area contributed by atoms with Crippen LogP contribution in [-0.4, -0.2) is 17.1 Å². The normalized spacial score (nSPS) is 17.1. The molecule has 3 heterocycles. The number of pyridine rings is 1. The highest BCUT2D eigenvalue weighted by atomic mass is 79.9. The second-order valence-electron chi connectivity index (χ2n) is 4.33. The summed E-state index contributed by atoms with van der Waals surface area (Å²) >= 11 is 4.56. The monoisotopic (exact) mass is 393 g/mol. The molecular formula is C12H7BrF3N3O2S. The second-order valence-corrected chi connectivity index (χ2v) is 6.02. The lowest BCUT2D eigenvalue weighted by Crippen LogP contribution is -2.36. The molecule has 1 aliphatic heterocycles. The molecule has 2 aromatic rings. The molecular weight excluding hydrogens is 387 g/mol. The standard InChI is InChI=1S/C12H7BrF3N3O2S/c13-7-3-8-9(17-4-7)18-10(6-1-2-22-5-6)19(8)21-11(20)12(14,15)16/h1-5,10H,(H,17,18). The van der Waals surface area contributed by atoms with E-state index in [1.807, 2.05) is 0 Å². The molecule has 22 heavy (non-hydrogen) atoms. The fourth-order valence-corrected chi connectivity index (χ4v) is 2.93. The van der Waals surface area contributed by atoms with E-state index in [0.29, 0.717) is 15.9 Å². The summed E-state index contributed by atoms with van der Waals surface area (Å²) in [4.78, 5) is 19.8. The van der Waals surface area contributed by atoms with Gasteiger partial charge in [0.05, 0.1) is 0 Å². The van der Waals surface area contributed by atoms with Gasteiger partial charge in [0, 0.05) is 16.2 Å². The zero-order valence-corrected chi connectivity index (χ0v) is 13.0.